The molecule has 0 radical (unpaired) electrons. The number of hydrogen-bond donors (Lipinski definition) is 1. The summed E-state index contributed by atoms with van der Waals surface area (Å²) in [7, 11) is 0. The lowest BCUT2D eigenvalue weighted by Crippen LogP contribution is -2.29. The number of carbonyl (C=O) groups is 1. The van der Waals surface area contributed by atoms with E-state index in [1.54, 1.807) is 0 Å². The second kappa shape index (κ2) is 5.96. The van der Waals surface area contributed by atoms with E-state index < -0.39 is 17.7 Å². The monoisotopic (exact) mass is 348 g/mol. The molecule has 1 aromatic rings. The Labute approximate surface area is 142 Å². The van der Waals surface area contributed by atoms with Crippen LogP contribution >= 0.6 is 0 Å². The number of nitriles is 1. The van der Waals surface area contributed by atoms with Crippen molar-refractivity contribution in [2.24, 2.45) is 11.7 Å². The number of allylic oxidation sites excluding steroid dienone is 3. The highest BCUT2D eigenvalue weighted by Gasteiger charge is 2.40. The third-order valence-electron chi connectivity index (χ3n) is 4.44. The molecule has 1 heterocycles. The van der Waals surface area contributed by atoms with Crippen molar-refractivity contribution in [3.05, 3.63) is 58.2 Å². The Bertz CT molecular complexity index is 829. The third kappa shape index (κ3) is 3.00. The van der Waals surface area contributed by atoms with Gasteiger partial charge in [-0.25, -0.2) is 0 Å². The number of alkyl halides is 3. The molecule has 4 nitrogen and oxygen atoms in total. The Balaban J connectivity index is 2.11. The van der Waals surface area contributed by atoms with Crippen molar-refractivity contribution in [2.75, 3.05) is 0 Å². The molecule has 0 aromatic heterocycles. The highest BCUT2D eigenvalue weighted by Crippen LogP contribution is 2.44. The van der Waals surface area contributed by atoms with Gasteiger partial charge in [0.15, 0.2) is 5.78 Å². The molecule has 0 saturated heterocycles. The van der Waals surface area contributed by atoms with Gasteiger partial charge in [-0.1, -0.05) is 19.1 Å². The minimum absolute atomic E-state index is 0.0430. The van der Waals surface area contributed by atoms with Crippen molar-refractivity contribution in [1.82, 2.24) is 0 Å². The predicted molar refractivity (Wildman–Crippen MR) is 82.5 cm³/mol. The van der Waals surface area contributed by atoms with Gasteiger partial charge >= 0.3 is 6.18 Å². The Morgan fingerprint density at radius 2 is 1.88 bits per heavy atom. The summed E-state index contributed by atoms with van der Waals surface area (Å²) in [6.45, 7) is 1.90. The number of nitrogens with two attached hydrogens (primary N) is 1. The molecule has 1 aliphatic carbocycles. The molecule has 2 aliphatic rings. The van der Waals surface area contributed by atoms with Crippen LogP contribution in [0.25, 0.3) is 0 Å². The maximum Gasteiger partial charge on any atom is 0.416 e. The Morgan fingerprint density at radius 1 is 1.24 bits per heavy atom. The van der Waals surface area contributed by atoms with Gasteiger partial charge < -0.3 is 10.5 Å². The van der Waals surface area contributed by atoms with E-state index in [4.69, 9.17) is 10.5 Å². The maximum absolute atomic E-state index is 12.8. The van der Waals surface area contributed by atoms with Crippen LogP contribution in [0, 0.1) is 17.2 Å². The molecule has 2 atom stereocenters. The van der Waals surface area contributed by atoms with Crippen LogP contribution in [0.1, 0.15) is 36.8 Å². The molecule has 0 saturated carbocycles. The van der Waals surface area contributed by atoms with Crippen LogP contribution in [0.15, 0.2) is 47.1 Å². The van der Waals surface area contributed by atoms with Gasteiger partial charge in [-0.3, -0.25) is 4.79 Å². The topological polar surface area (TPSA) is 76.1 Å². The summed E-state index contributed by atoms with van der Waals surface area (Å²) < 4.78 is 43.8. The highest BCUT2D eigenvalue weighted by molar-refractivity contribution is 5.99. The smallest absolute Gasteiger partial charge is 0.416 e. The molecule has 0 amide bonds. The number of halogens is 3. The van der Waals surface area contributed by atoms with E-state index in [0.717, 1.165) is 12.1 Å². The summed E-state index contributed by atoms with van der Waals surface area (Å²) in [5.41, 5.74) is 5.80. The number of carbonyl (C=O) groups excluding carboxylic acids is 1. The number of hydrogen-bond acceptors (Lipinski definition) is 4. The molecular formula is C18H15F3N2O2. The van der Waals surface area contributed by atoms with Crippen molar-refractivity contribution in [1.29, 1.82) is 5.26 Å². The van der Waals surface area contributed by atoms with Gasteiger partial charge in [0.05, 0.1) is 11.5 Å². The van der Waals surface area contributed by atoms with Gasteiger partial charge in [-0.05, 0) is 23.6 Å². The minimum Gasteiger partial charge on any atom is -0.444 e. The number of benzene rings is 1. The van der Waals surface area contributed by atoms with Gasteiger partial charge in [0, 0.05) is 18.4 Å². The van der Waals surface area contributed by atoms with Crippen LogP contribution in [0.2, 0.25) is 0 Å². The third-order valence-corrected chi connectivity index (χ3v) is 4.44. The fraction of sp³-hybridized carbons (Fsp3) is 0.333. The zero-order chi connectivity index (χ0) is 18.4. The van der Waals surface area contributed by atoms with E-state index in [9.17, 15) is 23.2 Å². The van der Waals surface area contributed by atoms with E-state index in [-0.39, 0.29) is 23.2 Å². The lowest BCUT2D eigenvalue weighted by atomic mass is 9.75. The van der Waals surface area contributed by atoms with E-state index in [0.29, 0.717) is 29.7 Å². The van der Waals surface area contributed by atoms with E-state index in [1.807, 2.05) is 13.0 Å². The van der Waals surface area contributed by atoms with Crippen LogP contribution in [0.3, 0.4) is 0 Å². The highest BCUT2D eigenvalue weighted by atomic mass is 19.4. The number of rotatable bonds is 1. The van der Waals surface area contributed by atoms with Crippen LogP contribution in [-0.4, -0.2) is 5.78 Å². The molecule has 25 heavy (non-hydrogen) atoms. The van der Waals surface area contributed by atoms with E-state index in [1.165, 1.54) is 12.1 Å². The Kier molecular flexibility index (Phi) is 4.07. The summed E-state index contributed by atoms with van der Waals surface area (Å²) in [5.74, 6) is -0.580. The lowest BCUT2D eigenvalue weighted by molar-refractivity contribution is -0.137. The molecule has 0 bridgehead atoms. The fourth-order valence-corrected chi connectivity index (χ4v) is 3.29. The minimum atomic E-state index is -4.46. The first-order valence-corrected chi connectivity index (χ1v) is 7.73. The number of ether oxygens (including phenoxy) is 1. The molecule has 7 heteroatoms. The van der Waals surface area contributed by atoms with Gasteiger partial charge in [0.2, 0.25) is 5.88 Å². The van der Waals surface area contributed by atoms with Crippen molar-refractivity contribution >= 4 is 5.78 Å². The summed E-state index contributed by atoms with van der Waals surface area (Å²) in [5, 5.41) is 9.42. The van der Waals surface area contributed by atoms with E-state index in [2.05, 4.69) is 0 Å². The Morgan fingerprint density at radius 3 is 2.44 bits per heavy atom. The molecule has 1 aliphatic heterocycles. The standard InChI is InChI=1S/C18H15F3N2O2/c1-9-6-13(24)16-14(7-9)25-17(23)12(8-22)15(16)10-2-4-11(5-3-10)18(19,20)21/h2-5,9,15H,6-7,23H2,1H3/t9-,15+/m1/s1. The normalized spacial score (nSPS) is 23.9. The van der Waals surface area contributed by atoms with Gasteiger partial charge in [0.25, 0.3) is 0 Å². The average Bonchev–Trinajstić information content (AvgIpc) is 2.52. The van der Waals surface area contributed by atoms with Gasteiger partial charge in [0.1, 0.15) is 17.4 Å². The van der Waals surface area contributed by atoms with Crippen LogP contribution in [0.4, 0.5) is 13.2 Å². The molecule has 2 N–H and O–H groups in total. The zero-order valence-electron chi connectivity index (χ0n) is 13.4. The van der Waals surface area contributed by atoms with Crippen molar-refractivity contribution < 1.29 is 22.7 Å². The molecule has 0 fully saturated rings. The van der Waals surface area contributed by atoms with Gasteiger partial charge in [-0.2, -0.15) is 18.4 Å². The fourth-order valence-electron chi connectivity index (χ4n) is 3.29. The molecular weight excluding hydrogens is 333 g/mol. The van der Waals surface area contributed by atoms with Crippen LogP contribution in [0.5, 0.6) is 0 Å². The number of nitrogens with zero attached hydrogens (tertiary/aromatic N) is 1. The average molecular weight is 348 g/mol. The summed E-state index contributed by atoms with van der Waals surface area (Å²) >= 11 is 0. The summed E-state index contributed by atoms with van der Waals surface area (Å²) in [6, 6.07) is 6.36. The predicted octanol–water partition coefficient (Wildman–Crippen LogP) is 3.77. The molecule has 1 aromatic carbocycles. The second-order valence-corrected chi connectivity index (χ2v) is 6.32. The van der Waals surface area contributed by atoms with E-state index >= 15 is 0 Å². The summed E-state index contributed by atoms with van der Waals surface area (Å²) in [4.78, 5) is 12.5. The molecule has 3 rings (SSSR count). The van der Waals surface area contributed by atoms with Crippen LogP contribution in [-0.2, 0) is 15.7 Å². The number of ketones is 1. The zero-order valence-corrected chi connectivity index (χ0v) is 13.4. The first kappa shape index (κ1) is 17.1. The van der Waals surface area contributed by atoms with Crippen molar-refractivity contribution in [2.45, 2.75) is 31.9 Å². The SMILES string of the molecule is C[C@@H]1CC(=O)C2=C(C1)OC(N)=C(C#N)[C@@H]2c1ccc(C(F)(F)F)cc1. The van der Waals surface area contributed by atoms with Crippen molar-refractivity contribution in [3.63, 3.8) is 0 Å². The number of Topliss-reactive ketones (excluding diaryl/α,β-unsaturated/α-hetero) is 1. The summed E-state index contributed by atoms with van der Waals surface area (Å²) in [6.07, 6.45) is -3.66. The van der Waals surface area contributed by atoms with Crippen LogP contribution < -0.4 is 5.73 Å². The van der Waals surface area contributed by atoms with Gasteiger partial charge in [-0.15, -0.1) is 0 Å². The first-order chi connectivity index (χ1) is 11.7. The largest absolute Gasteiger partial charge is 0.444 e. The van der Waals surface area contributed by atoms with Crippen molar-refractivity contribution in [3.8, 4) is 6.07 Å². The maximum atomic E-state index is 12.8. The molecule has 130 valence electrons. The lowest BCUT2D eigenvalue weighted by Gasteiger charge is -2.33. The second-order valence-electron chi connectivity index (χ2n) is 6.32. The first-order valence-electron chi connectivity index (χ1n) is 7.73. The quantitative estimate of drug-likeness (QED) is 0.838. The molecule has 0 spiro atoms. The Hall–Kier alpha value is -2.75. The molecule has 0 unspecified atom stereocenters.